The molecule has 1 aliphatic carbocycles. The molecule has 1 saturated heterocycles. The zero-order chi connectivity index (χ0) is 23.9. The molecule has 0 amide bonds. The number of hydrogen-bond donors (Lipinski definition) is 0. The summed E-state index contributed by atoms with van der Waals surface area (Å²) in [6.07, 6.45) is 6.41. The molecule has 1 atom stereocenters. The predicted molar refractivity (Wildman–Crippen MR) is 135 cm³/mol. The molecule has 5 nitrogen and oxygen atoms in total. The van der Waals surface area contributed by atoms with E-state index in [0.717, 1.165) is 49.2 Å². The van der Waals surface area contributed by atoms with Crippen LogP contribution in [-0.4, -0.2) is 35.4 Å². The highest BCUT2D eigenvalue weighted by molar-refractivity contribution is 7.98. The number of benzene rings is 2. The summed E-state index contributed by atoms with van der Waals surface area (Å²) in [4.78, 5) is 5.14. The molecule has 0 N–H and O–H groups in total. The Kier molecular flexibility index (Phi) is 6.95. The van der Waals surface area contributed by atoms with Gasteiger partial charge in [0, 0.05) is 24.9 Å². The molecule has 2 aromatic carbocycles. The molecule has 1 unspecified atom stereocenters. The number of fused-ring (bicyclic) bond motifs is 1. The van der Waals surface area contributed by atoms with E-state index in [4.69, 9.17) is 16.6 Å². The van der Waals surface area contributed by atoms with E-state index >= 15 is 0 Å². The molecule has 1 saturated carbocycles. The molecular weight excluding hydrogens is 493 g/mol. The monoisotopic (exact) mass is 521 g/mol. The number of thioether (sulfide) groups is 1. The summed E-state index contributed by atoms with van der Waals surface area (Å²) in [6, 6.07) is 10.7. The van der Waals surface area contributed by atoms with Crippen LogP contribution < -0.4 is 0 Å². The minimum absolute atomic E-state index is 0.115. The van der Waals surface area contributed by atoms with E-state index in [9.17, 15) is 12.8 Å². The third-order valence-corrected chi connectivity index (χ3v) is 10.1. The van der Waals surface area contributed by atoms with Crippen LogP contribution in [0.1, 0.15) is 57.1 Å². The normalized spacial score (nSPS) is 20.4. The van der Waals surface area contributed by atoms with Crippen molar-refractivity contribution in [3.05, 3.63) is 52.8 Å². The van der Waals surface area contributed by atoms with Crippen molar-refractivity contribution in [1.29, 1.82) is 0 Å². The lowest BCUT2D eigenvalue weighted by molar-refractivity contribution is 0.281. The summed E-state index contributed by atoms with van der Waals surface area (Å²) < 4.78 is 45.0. The number of aromatic nitrogens is 2. The van der Waals surface area contributed by atoms with Gasteiger partial charge >= 0.3 is 0 Å². The van der Waals surface area contributed by atoms with Gasteiger partial charge in [-0.1, -0.05) is 55.3 Å². The Morgan fingerprint density at radius 2 is 1.94 bits per heavy atom. The number of nitrogens with zero attached hydrogens (tertiary/aromatic N) is 3. The van der Waals surface area contributed by atoms with E-state index in [-0.39, 0.29) is 5.02 Å². The molecule has 5 rings (SSSR count). The van der Waals surface area contributed by atoms with Crippen LogP contribution in [0.3, 0.4) is 0 Å². The lowest BCUT2D eigenvalue weighted by atomic mass is 10.0. The average molecular weight is 522 g/mol. The molecule has 1 aliphatic heterocycles. The molecular formula is C25H29ClFN3O2S2. The lowest BCUT2D eigenvalue weighted by Gasteiger charge is -2.30. The fourth-order valence-electron chi connectivity index (χ4n) is 5.15. The molecule has 34 heavy (non-hydrogen) atoms. The summed E-state index contributed by atoms with van der Waals surface area (Å²) in [5.41, 5.74) is 2.14. The van der Waals surface area contributed by atoms with Crippen LogP contribution in [0.2, 0.25) is 5.02 Å². The highest BCUT2D eigenvalue weighted by Crippen LogP contribution is 2.38. The van der Waals surface area contributed by atoms with Gasteiger partial charge in [-0.3, -0.25) is 0 Å². The third-order valence-electron chi connectivity index (χ3n) is 6.96. The molecule has 2 fully saturated rings. The number of sulfonamides is 1. The average Bonchev–Trinajstić information content (AvgIpc) is 3.47. The summed E-state index contributed by atoms with van der Waals surface area (Å²) in [7, 11) is -3.56. The van der Waals surface area contributed by atoms with E-state index in [1.54, 1.807) is 34.6 Å². The second-order valence-corrected chi connectivity index (χ2v) is 12.8. The first-order chi connectivity index (χ1) is 16.3. The number of piperidine rings is 1. The largest absolute Gasteiger partial charge is 0.316 e. The summed E-state index contributed by atoms with van der Waals surface area (Å²) in [5, 5.41) is 0.909. The molecule has 182 valence electrons. The van der Waals surface area contributed by atoms with Gasteiger partial charge in [-0.05, 0) is 61.4 Å². The van der Waals surface area contributed by atoms with Gasteiger partial charge in [0.2, 0.25) is 10.0 Å². The standard InChI is InChI=1S/C25H29ClFN3O2S2/c1-17-6-5-13-29(15-17)34(31,32)20-11-12-23-22(14-20)28-25(30(23)19-8-2-3-9-19)33-16-18-7-4-10-21(26)24(18)27/h4,7,10-12,14,17,19H,2-3,5-6,8-9,13,15-16H2,1H3. The van der Waals surface area contributed by atoms with Crippen molar-refractivity contribution >= 4 is 44.4 Å². The lowest BCUT2D eigenvalue weighted by Crippen LogP contribution is -2.39. The quantitative estimate of drug-likeness (QED) is 0.340. The van der Waals surface area contributed by atoms with Crippen molar-refractivity contribution in [3.8, 4) is 0 Å². The molecule has 0 spiro atoms. The highest BCUT2D eigenvalue weighted by atomic mass is 35.5. The fourth-order valence-corrected chi connectivity index (χ4v) is 8.02. The molecule has 0 bridgehead atoms. The van der Waals surface area contributed by atoms with Gasteiger partial charge in [-0.25, -0.2) is 17.8 Å². The molecule has 0 radical (unpaired) electrons. The Hall–Kier alpha value is -1.61. The molecule has 3 aromatic rings. The minimum atomic E-state index is -3.56. The van der Waals surface area contributed by atoms with Crippen molar-refractivity contribution in [3.63, 3.8) is 0 Å². The Bertz CT molecular complexity index is 1300. The maximum Gasteiger partial charge on any atom is 0.243 e. The number of rotatable bonds is 6. The zero-order valence-electron chi connectivity index (χ0n) is 19.2. The highest BCUT2D eigenvalue weighted by Gasteiger charge is 2.30. The Morgan fingerprint density at radius 3 is 2.71 bits per heavy atom. The van der Waals surface area contributed by atoms with Gasteiger partial charge in [-0.15, -0.1) is 0 Å². The van der Waals surface area contributed by atoms with E-state index in [0.29, 0.717) is 46.8 Å². The summed E-state index contributed by atoms with van der Waals surface area (Å²) in [5.74, 6) is 0.368. The maximum absolute atomic E-state index is 14.5. The fraction of sp³-hybridized carbons (Fsp3) is 0.480. The van der Waals surface area contributed by atoms with Crippen molar-refractivity contribution in [2.24, 2.45) is 5.92 Å². The SMILES string of the molecule is CC1CCCN(S(=O)(=O)c2ccc3c(c2)nc(SCc2cccc(Cl)c2F)n3C2CCCC2)C1. The first-order valence-electron chi connectivity index (χ1n) is 11.9. The Labute approximate surface area is 209 Å². The van der Waals surface area contributed by atoms with Crippen LogP contribution in [0.5, 0.6) is 0 Å². The Morgan fingerprint density at radius 1 is 1.15 bits per heavy atom. The van der Waals surface area contributed by atoms with Gasteiger partial charge in [-0.2, -0.15) is 4.31 Å². The van der Waals surface area contributed by atoms with Crippen LogP contribution >= 0.6 is 23.4 Å². The van der Waals surface area contributed by atoms with Crippen LogP contribution in [-0.2, 0) is 15.8 Å². The zero-order valence-corrected chi connectivity index (χ0v) is 21.6. The van der Waals surface area contributed by atoms with Crippen LogP contribution in [0.25, 0.3) is 11.0 Å². The Balaban J connectivity index is 1.50. The van der Waals surface area contributed by atoms with Gasteiger partial charge in [0.25, 0.3) is 0 Å². The molecule has 9 heteroatoms. The maximum atomic E-state index is 14.5. The van der Waals surface area contributed by atoms with Crippen LogP contribution in [0, 0.1) is 11.7 Å². The third kappa shape index (κ3) is 4.62. The second-order valence-electron chi connectivity index (χ2n) is 9.47. The van der Waals surface area contributed by atoms with E-state index < -0.39 is 15.8 Å². The molecule has 2 heterocycles. The van der Waals surface area contributed by atoms with Crippen molar-refractivity contribution in [1.82, 2.24) is 13.9 Å². The molecule has 2 aliphatic rings. The van der Waals surface area contributed by atoms with Crippen LogP contribution in [0.4, 0.5) is 4.39 Å². The van der Waals surface area contributed by atoms with Crippen molar-refractivity contribution in [2.45, 2.75) is 67.3 Å². The minimum Gasteiger partial charge on any atom is -0.316 e. The summed E-state index contributed by atoms with van der Waals surface area (Å²) >= 11 is 7.43. The van der Waals surface area contributed by atoms with E-state index in [2.05, 4.69) is 11.5 Å². The molecule has 1 aromatic heterocycles. The van der Waals surface area contributed by atoms with Crippen LogP contribution in [0.15, 0.2) is 46.5 Å². The van der Waals surface area contributed by atoms with Gasteiger partial charge in [0.1, 0.15) is 5.82 Å². The van der Waals surface area contributed by atoms with Crippen molar-refractivity contribution < 1.29 is 12.8 Å². The first kappa shape index (κ1) is 24.1. The van der Waals surface area contributed by atoms with E-state index in [1.165, 1.54) is 11.8 Å². The van der Waals surface area contributed by atoms with Gasteiger partial charge in [0.15, 0.2) is 5.16 Å². The number of imidazole rings is 1. The number of hydrogen-bond acceptors (Lipinski definition) is 4. The second kappa shape index (κ2) is 9.80. The van der Waals surface area contributed by atoms with Gasteiger partial charge in [0.05, 0.1) is 21.0 Å². The van der Waals surface area contributed by atoms with Crippen molar-refractivity contribution in [2.75, 3.05) is 13.1 Å². The topological polar surface area (TPSA) is 55.2 Å². The summed E-state index contributed by atoms with van der Waals surface area (Å²) in [6.45, 7) is 3.22. The smallest absolute Gasteiger partial charge is 0.243 e. The van der Waals surface area contributed by atoms with E-state index in [1.807, 2.05) is 6.07 Å². The number of halogens is 2. The first-order valence-corrected chi connectivity index (χ1v) is 14.7. The predicted octanol–water partition coefficient (Wildman–Crippen LogP) is 6.66. The van der Waals surface area contributed by atoms with Gasteiger partial charge < -0.3 is 4.57 Å².